The van der Waals surface area contributed by atoms with Crippen LogP contribution in [0.1, 0.15) is 25.7 Å². The van der Waals surface area contributed by atoms with Crippen LogP contribution in [0.4, 0.5) is 0 Å². The van der Waals surface area contributed by atoms with E-state index in [4.69, 9.17) is 9.84 Å². The van der Waals surface area contributed by atoms with Gasteiger partial charge in [-0.3, -0.25) is 9.59 Å². The Morgan fingerprint density at radius 2 is 2.00 bits per heavy atom. The van der Waals surface area contributed by atoms with Gasteiger partial charge < -0.3 is 20.1 Å². The van der Waals surface area contributed by atoms with Crippen LogP contribution in [0.5, 0.6) is 0 Å². The van der Waals surface area contributed by atoms with Gasteiger partial charge in [-0.15, -0.1) is 0 Å². The maximum Gasteiger partial charge on any atom is 0.332 e. The van der Waals surface area contributed by atoms with Crippen LogP contribution >= 0.6 is 0 Å². The molecule has 0 aromatic carbocycles. The molecule has 7 heteroatoms. The second-order valence-corrected chi connectivity index (χ2v) is 5.62. The molecule has 4 atom stereocenters. The number of piperidine rings is 1. The SMILES string of the molecule is O=C(O)C1CCC(C(=O)N2CCCC3C(=O)NCC32)O1. The number of likely N-dealkylation sites (tertiary alicyclic amines) is 1. The van der Waals surface area contributed by atoms with E-state index >= 15 is 0 Å². The third-order valence-corrected chi connectivity index (χ3v) is 4.45. The van der Waals surface area contributed by atoms with Crippen molar-refractivity contribution in [2.24, 2.45) is 5.92 Å². The number of carbonyl (C=O) groups is 3. The van der Waals surface area contributed by atoms with E-state index < -0.39 is 18.2 Å². The van der Waals surface area contributed by atoms with Crippen molar-refractivity contribution in [1.29, 1.82) is 0 Å². The minimum absolute atomic E-state index is 0.0169. The van der Waals surface area contributed by atoms with E-state index in [0.29, 0.717) is 25.9 Å². The van der Waals surface area contributed by atoms with Crippen LogP contribution in [-0.4, -0.2) is 59.1 Å². The number of carboxylic acids is 1. The Balaban J connectivity index is 1.68. The molecule has 3 fully saturated rings. The predicted molar refractivity (Wildman–Crippen MR) is 66.8 cm³/mol. The number of carbonyl (C=O) groups excluding carboxylic acids is 2. The summed E-state index contributed by atoms with van der Waals surface area (Å²) in [5, 5.41) is 11.7. The largest absolute Gasteiger partial charge is 0.479 e. The number of fused-ring (bicyclic) bond motifs is 1. The summed E-state index contributed by atoms with van der Waals surface area (Å²) < 4.78 is 5.32. The number of ether oxygens (including phenoxy) is 1. The number of carboxylic acid groups (broad SMARTS) is 1. The Hall–Kier alpha value is -1.63. The van der Waals surface area contributed by atoms with Crippen molar-refractivity contribution in [2.45, 2.75) is 43.9 Å². The van der Waals surface area contributed by atoms with Crippen LogP contribution < -0.4 is 5.32 Å². The van der Waals surface area contributed by atoms with Gasteiger partial charge in [0.25, 0.3) is 5.91 Å². The van der Waals surface area contributed by atoms with Gasteiger partial charge in [-0.2, -0.15) is 0 Å². The molecule has 7 nitrogen and oxygen atoms in total. The van der Waals surface area contributed by atoms with Crippen molar-refractivity contribution in [3.05, 3.63) is 0 Å². The summed E-state index contributed by atoms with van der Waals surface area (Å²) >= 11 is 0. The maximum atomic E-state index is 12.5. The third-order valence-electron chi connectivity index (χ3n) is 4.45. The van der Waals surface area contributed by atoms with Gasteiger partial charge in [-0.1, -0.05) is 0 Å². The molecule has 3 aliphatic rings. The normalized spacial score (nSPS) is 36.6. The van der Waals surface area contributed by atoms with Crippen molar-refractivity contribution in [2.75, 3.05) is 13.1 Å². The van der Waals surface area contributed by atoms with Gasteiger partial charge in [-0.05, 0) is 25.7 Å². The number of amides is 2. The fourth-order valence-electron chi connectivity index (χ4n) is 3.41. The summed E-state index contributed by atoms with van der Waals surface area (Å²) in [4.78, 5) is 36.7. The summed E-state index contributed by atoms with van der Waals surface area (Å²) in [5.41, 5.74) is 0. The highest BCUT2D eigenvalue weighted by molar-refractivity contribution is 5.87. The Bertz CT molecular complexity index is 452. The van der Waals surface area contributed by atoms with Crippen LogP contribution in [0.25, 0.3) is 0 Å². The van der Waals surface area contributed by atoms with E-state index in [-0.39, 0.29) is 23.8 Å². The van der Waals surface area contributed by atoms with E-state index in [2.05, 4.69) is 5.32 Å². The van der Waals surface area contributed by atoms with Gasteiger partial charge in [-0.25, -0.2) is 4.79 Å². The molecule has 2 amide bonds. The zero-order chi connectivity index (χ0) is 14.3. The molecule has 0 saturated carbocycles. The summed E-state index contributed by atoms with van der Waals surface area (Å²) in [5.74, 6) is -1.29. The van der Waals surface area contributed by atoms with Gasteiger partial charge in [0, 0.05) is 13.1 Å². The predicted octanol–water partition coefficient (Wildman–Crippen LogP) is -0.644. The van der Waals surface area contributed by atoms with E-state index in [1.807, 2.05) is 0 Å². The Morgan fingerprint density at radius 1 is 1.25 bits per heavy atom. The fourth-order valence-corrected chi connectivity index (χ4v) is 3.41. The maximum absolute atomic E-state index is 12.5. The van der Waals surface area contributed by atoms with Crippen molar-refractivity contribution in [1.82, 2.24) is 10.2 Å². The molecule has 4 unspecified atom stereocenters. The first-order chi connectivity index (χ1) is 9.58. The number of hydrogen-bond acceptors (Lipinski definition) is 4. The smallest absolute Gasteiger partial charge is 0.332 e. The van der Waals surface area contributed by atoms with Crippen LogP contribution in [0.2, 0.25) is 0 Å². The van der Waals surface area contributed by atoms with E-state index in [0.717, 1.165) is 12.8 Å². The van der Waals surface area contributed by atoms with Crippen LogP contribution in [-0.2, 0) is 19.1 Å². The number of nitrogens with one attached hydrogen (secondary N) is 1. The summed E-state index contributed by atoms with van der Waals surface area (Å²) in [6.07, 6.45) is 0.855. The Labute approximate surface area is 116 Å². The topological polar surface area (TPSA) is 95.9 Å². The summed E-state index contributed by atoms with van der Waals surface area (Å²) in [6.45, 7) is 1.11. The van der Waals surface area contributed by atoms with Gasteiger partial charge in [0.05, 0.1) is 12.0 Å². The monoisotopic (exact) mass is 282 g/mol. The molecule has 3 rings (SSSR count). The molecule has 3 heterocycles. The number of rotatable bonds is 2. The van der Waals surface area contributed by atoms with Crippen LogP contribution in [0, 0.1) is 5.92 Å². The molecule has 3 aliphatic heterocycles. The molecular weight excluding hydrogens is 264 g/mol. The van der Waals surface area contributed by atoms with Gasteiger partial charge in [0.2, 0.25) is 5.91 Å². The second-order valence-electron chi connectivity index (χ2n) is 5.62. The average molecular weight is 282 g/mol. The first-order valence-electron chi connectivity index (χ1n) is 7.04. The summed E-state index contributed by atoms with van der Waals surface area (Å²) in [7, 11) is 0. The molecule has 2 N–H and O–H groups in total. The minimum Gasteiger partial charge on any atom is -0.479 e. The molecule has 0 aliphatic carbocycles. The molecule has 0 spiro atoms. The number of nitrogens with zero attached hydrogens (tertiary/aromatic N) is 1. The highest BCUT2D eigenvalue weighted by Crippen LogP contribution is 2.30. The second kappa shape index (κ2) is 5.05. The molecule has 20 heavy (non-hydrogen) atoms. The van der Waals surface area contributed by atoms with Gasteiger partial charge >= 0.3 is 5.97 Å². The first-order valence-corrected chi connectivity index (χ1v) is 7.04. The van der Waals surface area contributed by atoms with Crippen molar-refractivity contribution in [3.8, 4) is 0 Å². The lowest BCUT2D eigenvalue weighted by atomic mass is 9.91. The number of aliphatic carboxylic acids is 1. The van der Waals surface area contributed by atoms with Crippen LogP contribution in [0.15, 0.2) is 0 Å². The van der Waals surface area contributed by atoms with E-state index in [1.54, 1.807) is 4.90 Å². The molecule has 0 radical (unpaired) electrons. The van der Waals surface area contributed by atoms with Crippen molar-refractivity contribution < 1.29 is 24.2 Å². The Kier molecular flexibility index (Phi) is 3.37. The molecule has 0 aromatic rings. The lowest BCUT2D eigenvalue weighted by Gasteiger charge is -2.37. The molecule has 110 valence electrons. The quantitative estimate of drug-likeness (QED) is 0.702. The number of hydrogen-bond donors (Lipinski definition) is 2. The molecule has 0 bridgehead atoms. The zero-order valence-corrected chi connectivity index (χ0v) is 11.1. The molecule has 3 saturated heterocycles. The highest BCUT2D eigenvalue weighted by atomic mass is 16.5. The lowest BCUT2D eigenvalue weighted by Crippen LogP contribution is -2.52. The lowest BCUT2D eigenvalue weighted by molar-refractivity contribution is -0.156. The average Bonchev–Trinajstić information content (AvgIpc) is 3.05. The first kappa shape index (κ1) is 13.4. The van der Waals surface area contributed by atoms with E-state index in [1.165, 1.54) is 0 Å². The van der Waals surface area contributed by atoms with Gasteiger partial charge in [0.1, 0.15) is 6.10 Å². The van der Waals surface area contributed by atoms with Crippen LogP contribution in [0.3, 0.4) is 0 Å². The summed E-state index contributed by atoms with van der Waals surface area (Å²) in [6, 6.07) is -0.101. The third kappa shape index (κ3) is 2.15. The molecular formula is C13H18N2O5. The zero-order valence-electron chi connectivity index (χ0n) is 11.1. The van der Waals surface area contributed by atoms with Crippen molar-refractivity contribution >= 4 is 17.8 Å². The molecule has 0 aromatic heterocycles. The standard InChI is InChI=1S/C13H18N2O5/c16-11-7-2-1-5-15(8(7)6-14-11)12(17)9-3-4-10(20-9)13(18)19/h7-10H,1-6H2,(H,14,16)(H,18,19). The van der Waals surface area contributed by atoms with E-state index in [9.17, 15) is 14.4 Å². The fraction of sp³-hybridized carbons (Fsp3) is 0.769. The minimum atomic E-state index is -1.02. The highest BCUT2D eigenvalue weighted by Gasteiger charge is 2.45. The Morgan fingerprint density at radius 3 is 2.70 bits per heavy atom. The van der Waals surface area contributed by atoms with Crippen molar-refractivity contribution in [3.63, 3.8) is 0 Å². The van der Waals surface area contributed by atoms with Gasteiger partial charge in [0.15, 0.2) is 6.10 Å².